The van der Waals surface area contributed by atoms with Crippen LogP contribution >= 0.6 is 11.3 Å². The number of thiophene rings is 1. The topological polar surface area (TPSA) is 85.6 Å². The molecular weight excluding hydrogens is 326 g/mol. The molecule has 0 aliphatic carbocycles. The Kier molecular flexibility index (Phi) is 3.63. The van der Waals surface area contributed by atoms with E-state index in [0.29, 0.717) is 16.7 Å². The third kappa shape index (κ3) is 2.70. The van der Waals surface area contributed by atoms with Gasteiger partial charge in [-0.3, -0.25) is 4.72 Å². The molecule has 114 valence electrons. The van der Waals surface area contributed by atoms with E-state index in [2.05, 4.69) is 9.46 Å². The van der Waals surface area contributed by atoms with Gasteiger partial charge >= 0.3 is 5.97 Å². The van der Waals surface area contributed by atoms with Crippen LogP contribution in [0.5, 0.6) is 0 Å². The number of hydrogen-bond donors (Lipinski definition) is 1. The van der Waals surface area contributed by atoms with Crippen LogP contribution in [0.2, 0.25) is 0 Å². The van der Waals surface area contributed by atoms with Gasteiger partial charge in [-0.1, -0.05) is 0 Å². The minimum Gasteiger partial charge on any atom is -0.463 e. The monoisotopic (exact) mass is 337 g/mol. The first-order valence-electron chi connectivity index (χ1n) is 6.16. The number of ether oxygens (including phenoxy) is 1. The first kappa shape index (κ1) is 14.6. The molecule has 0 saturated heterocycles. The van der Waals surface area contributed by atoms with E-state index in [1.807, 2.05) is 0 Å². The molecule has 0 atom stereocenters. The maximum atomic E-state index is 12.1. The average molecular weight is 337 g/mol. The fraction of sp³-hybridized carbons (Fsp3) is 0.0714. The molecule has 1 aromatic carbocycles. The second-order valence-electron chi connectivity index (χ2n) is 4.42. The molecule has 0 aliphatic heterocycles. The molecule has 0 saturated carbocycles. The van der Waals surface area contributed by atoms with Crippen LogP contribution in [0, 0.1) is 0 Å². The summed E-state index contributed by atoms with van der Waals surface area (Å²) in [5, 5.41) is 3.91. The van der Waals surface area contributed by atoms with Gasteiger partial charge in [0.25, 0.3) is 10.0 Å². The van der Waals surface area contributed by atoms with Gasteiger partial charge in [-0.15, -0.1) is 0 Å². The summed E-state index contributed by atoms with van der Waals surface area (Å²) in [6.45, 7) is 0. The van der Waals surface area contributed by atoms with E-state index in [1.165, 1.54) is 30.6 Å². The minimum atomic E-state index is -3.63. The molecule has 0 aliphatic rings. The van der Waals surface area contributed by atoms with E-state index in [-0.39, 0.29) is 10.7 Å². The summed E-state index contributed by atoms with van der Waals surface area (Å²) < 4.78 is 36.7. The Morgan fingerprint density at radius 2 is 2.09 bits per heavy atom. The molecule has 8 heteroatoms. The van der Waals surface area contributed by atoms with Crippen molar-refractivity contribution in [3.8, 4) is 0 Å². The Morgan fingerprint density at radius 3 is 2.77 bits per heavy atom. The van der Waals surface area contributed by atoms with Crippen LogP contribution in [0.4, 0.5) is 5.69 Å². The number of rotatable bonds is 4. The number of esters is 1. The molecule has 0 amide bonds. The molecule has 0 radical (unpaired) electrons. The highest BCUT2D eigenvalue weighted by atomic mass is 32.2. The van der Waals surface area contributed by atoms with Crippen molar-refractivity contribution in [3.05, 3.63) is 46.9 Å². The van der Waals surface area contributed by atoms with Crippen molar-refractivity contribution >= 4 is 44.0 Å². The molecule has 0 unspecified atom stereocenters. The van der Waals surface area contributed by atoms with Crippen LogP contribution in [-0.4, -0.2) is 21.5 Å². The van der Waals surface area contributed by atoms with Gasteiger partial charge in [0.15, 0.2) is 0 Å². The van der Waals surface area contributed by atoms with Crippen LogP contribution in [0.25, 0.3) is 11.0 Å². The predicted molar refractivity (Wildman–Crippen MR) is 82.7 cm³/mol. The number of nitrogens with one attached hydrogen (secondary N) is 1. The summed E-state index contributed by atoms with van der Waals surface area (Å²) in [6, 6.07) is 7.84. The SMILES string of the molecule is COC(=O)c1cc2ccc(NS(=O)(=O)c3ccsc3)cc2o1. The summed E-state index contributed by atoms with van der Waals surface area (Å²) in [5.41, 5.74) is 0.746. The van der Waals surface area contributed by atoms with Crippen LogP contribution in [0.1, 0.15) is 10.6 Å². The van der Waals surface area contributed by atoms with Gasteiger partial charge in [0.05, 0.1) is 17.7 Å². The number of carbonyl (C=O) groups is 1. The van der Waals surface area contributed by atoms with Crippen LogP contribution in [-0.2, 0) is 14.8 Å². The Labute approximate surface area is 130 Å². The van der Waals surface area contributed by atoms with E-state index < -0.39 is 16.0 Å². The smallest absolute Gasteiger partial charge is 0.373 e. The van der Waals surface area contributed by atoms with E-state index >= 15 is 0 Å². The maximum Gasteiger partial charge on any atom is 0.373 e. The highest BCUT2D eigenvalue weighted by Crippen LogP contribution is 2.25. The zero-order chi connectivity index (χ0) is 15.7. The molecule has 6 nitrogen and oxygen atoms in total. The van der Waals surface area contributed by atoms with Crippen LogP contribution < -0.4 is 4.72 Å². The van der Waals surface area contributed by atoms with E-state index in [1.54, 1.807) is 29.0 Å². The van der Waals surface area contributed by atoms with Crippen LogP contribution in [0.3, 0.4) is 0 Å². The molecule has 0 spiro atoms. The number of methoxy groups -OCH3 is 1. The van der Waals surface area contributed by atoms with E-state index in [4.69, 9.17) is 4.42 Å². The predicted octanol–water partition coefficient (Wildman–Crippen LogP) is 3.08. The quantitative estimate of drug-likeness (QED) is 0.739. The normalized spacial score (nSPS) is 11.5. The number of sulfonamides is 1. The van der Waals surface area contributed by atoms with E-state index in [0.717, 1.165) is 0 Å². The molecule has 2 aromatic heterocycles. The van der Waals surface area contributed by atoms with Crippen molar-refractivity contribution in [3.63, 3.8) is 0 Å². The van der Waals surface area contributed by atoms with Crippen molar-refractivity contribution in [1.29, 1.82) is 0 Å². The molecule has 0 bridgehead atoms. The largest absolute Gasteiger partial charge is 0.463 e. The number of benzene rings is 1. The Balaban J connectivity index is 1.94. The van der Waals surface area contributed by atoms with Gasteiger partial charge in [0.1, 0.15) is 5.58 Å². The van der Waals surface area contributed by atoms with Crippen molar-refractivity contribution in [2.75, 3.05) is 11.8 Å². The molecule has 2 heterocycles. The van der Waals surface area contributed by atoms with Crippen LogP contribution in [0.15, 0.2) is 50.4 Å². The summed E-state index contributed by atoms with van der Waals surface area (Å²) in [6.07, 6.45) is 0. The van der Waals surface area contributed by atoms with E-state index in [9.17, 15) is 13.2 Å². The molecular formula is C14H11NO5S2. The van der Waals surface area contributed by atoms with Gasteiger partial charge < -0.3 is 9.15 Å². The second-order valence-corrected chi connectivity index (χ2v) is 6.88. The summed E-state index contributed by atoms with van der Waals surface area (Å²) in [5.74, 6) is -0.521. The zero-order valence-corrected chi connectivity index (χ0v) is 13.0. The summed E-state index contributed by atoms with van der Waals surface area (Å²) >= 11 is 1.30. The molecule has 3 rings (SSSR count). The number of anilines is 1. The number of hydrogen-bond acceptors (Lipinski definition) is 6. The standard InChI is InChI=1S/C14H11NO5S2/c1-19-14(16)13-6-9-2-3-10(7-12(9)20-13)15-22(17,18)11-4-5-21-8-11/h2-8,15H,1H3. The Morgan fingerprint density at radius 1 is 1.27 bits per heavy atom. The fourth-order valence-electron chi connectivity index (χ4n) is 1.91. The van der Waals surface area contributed by atoms with Gasteiger partial charge in [0.2, 0.25) is 5.76 Å². The summed E-state index contributed by atoms with van der Waals surface area (Å²) in [4.78, 5) is 11.6. The van der Waals surface area contributed by atoms with Gasteiger partial charge in [-0.2, -0.15) is 11.3 Å². The first-order valence-corrected chi connectivity index (χ1v) is 8.59. The molecule has 3 aromatic rings. The molecule has 0 fully saturated rings. The average Bonchev–Trinajstić information content (AvgIpc) is 3.15. The highest BCUT2D eigenvalue weighted by molar-refractivity contribution is 7.92. The van der Waals surface area contributed by atoms with Crippen molar-refractivity contribution in [2.45, 2.75) is 4.90 Å². The fourth-order valence-corrected chi connectivity index (χ4v) is 3.99. The summed E-state index contributed by atoms with van der Waals surface area (Å²) in [7, 11) is -2.37. The Bertz CT molecular complexity index is 925. The second kappa shape index (κ2) is 5.47. The maximum absolute atomic E-state index is 12.1. The lowest BCUT2D eigenvalue weighted by molar-refractivity contribution is 0.0567. The number of carbonyl (C=O) groups excluding carboxylic acids is 1. The third-order valence-electron chi connectivity index (χ3n) is 2.96. The van der Waals surface area contributed by atoms with Gasteiger partial charge in [0, 0.05) is 16.8 Å². The van der Waals surface area contributed by atoms with Crippen molar-refractivity contribution in [2.24, 2.45) is 0 Å². The first-order chi connectivity index (χ1) is 10.5. The van der Waals surface area contributed by atoms with Gasteiger partial charge in [-0.05, 0) is 29.6 Å². The Hall–Kier alpha value is -2.32. The van der Waals surface area contributed by atoms with Gasteiger partial charge in [-0.25, -0.2) is 13.2 Å². The zero-order valence-electron chi connectivity index (χ0n) is 11.4. The molecule has 22 heavy (non-hydrogen) atoms. The lowest BCUT2D eigenvalue weighted by Gasteiger charge is -2.05. The lowest BCUT2D eigenvalue weighted by Crippen LogP contribution is -2.11. The third-order valence-corrected chi connectivity index (χ3v) is 5.18. The number of furan rings is 1. The highest BCUT2D eigenvalue weighted by Gasteiger charge is 2.16. The minimum absolute atomic E-state index is 0.0651. The number of fused-ring (bicyclic) bond motifs is 1. The van der Waals surface area contributed by atoms with Crippen molar-refractivity contribution in [1.82, 2.24) is 0 Å². The molecule has 1 N–H and O–H groups in total. The lowest BCUT2D eigenvalue weighted by atomic mass is 10.2. The van der Waals surface area contributed by atoms with Crippen molar-refractivity contribution < 1.29 is 22.4 Å².